The highest BCUT2D eigenvalue weighted by atomic mass is 16.3. The van der Waals surface area contributed by atoms with Gasteiger partial charge < -0.3 is 9.32 Å². The second-order valence-corrected chi connectivity index (χ2v) is 15.3. The van der Waals surface area contributed by atoms with Gasteiger partial charge in [0.05, 0.1) is 0 Å². The van der Waals surface area contributed by atoms with E-state index in [0.29, 0.717) is 0 Å². The van der Waals surface area contributed by atoms with E-state index in [2.05, 4.69) is 241 Å². The molecule has 1 aromatic heterocycles. The molecule has 0 unspecified atom stereocenters. The van der Waals surface area contributed by atoms with Gasteiger partial charge in [0.2, 0.25) is 0 Å². The number of fused-ring (bicyclic) bond motifs is 5. The molecule has 282 valence electrons. The molecule has 0 atom stereocenters. The molecular formula is C58H39NO. The summed E-state index contributed by atoms with van der Waals surface area (Å²) in [5, 5.41) is 4.70. The Bertz CT molecular complexity index is 3130. The zero-order valence-electron chi connectivity index (χ0n) is 32.9. The molecule has 0 saturated carbocycles. The van der Waals surface area contributed by atoms with E-state index in [1.807, 2.05) is 0 Å². The molecule has 0 aliphatic rings. The monoisotopic (exact) mass is 765 g/mol. The van der Waals surface area contributed by atoms with Crippen LogP contribution in [0.1, 0.15) is 0 Å². The second-order valence-electron chi connectivity index (χ2n) is 15.3. The smallest absolute Gasteiger partial charge is 0.136 e. The Labute approximate surface area is 349 Å². The Morgan fingerprint density at radius 2 is 0.667 bits per heavy atom. The zero-order chi connectivity index (χ0) is 39.8. The highest BCUT2D eigenvalue weighted by molar-refractivity contribution is 6.19. The van der Waals surface area contributed by atoms with E-state index in [4.69, 9.17) is 4.42 Å². The maximum absolute atomic E-state index is 6.36. The number of hydrogen-bond acceptors (Lipinski definition) is 2. The van der Waals surface area contributed by atoms with Crippen molar-refractivity contribution in [2.75, 3.05) is 4.90 Å². The molecule has 0 fully saturated rings. The summed E-state index contributed by atoms with van der Waals surface area (Å²) >= 11 is 0. The fraction of sp³-hybridized carbons (Fsp3) is 0. The molecule has 0 bridgehead atoms. The minimum atomic E-state index is 0.896. The lowest BCUT2D eigenvalue weighted by atomic mass is 9.98. The highest BCUT2D eigenvalue weighted by Gasteiger charge is 2.16. The first-order valence-electron chi connectivity index (χ1n) is 20.5. The van der Waals surface area contributed by atoms with Crippen molar-refractivity contribution < 1.29 is 4.42 Å². The molecule has 11 aromatic rings. The molecule has 11 rings (SSSR count). The van der Waals surface area contributed by atoms with Crippen LogP contribution in [-0.4, -0.2) is 0 Å². The molecule has 0 aliphatic heterocycles. The Morgan fingerprint density at radius 1 is 0.250 bits per heavy atom. The molecular weight excluding hydrogens is 727 g/mol. The summed E-state index contributed by atoms with van der Waals surface area (Å²) in [5.41, 5.74) is 16.9. The van der Waals surface area contributed by atoms with Crippen LogP contribution in [0.4, 0.5) is 17.1 Å². The average molecular weight is 766 g/mol. The lowest BCUT2D eigenvalue weighted by molar-refractivity contribution is 0.669. The normalized spacial score (nSPS) is 11.3. The van der Waals surface area contributed by atoms with E-state index in [1.165, 1.54) is 55.3 Å². The summed E-state index contributed by atoms with van der Waals surface area (Å²) in [5.74, 6) is 0. The van der Waals surface area contributed by atoms with Crippen molar-refractivity contribution >= 4 is 49.8 Å². The fourth-order valence-electron chi connectivity index (χ4n) is 8.58. The van der Waals surface area contributed by atoms with E-state index in [0.717, 1.165) is 50.1 Å². The van der Waals surface area contributed by atoms with Crippen LogP contribution in [0.5, 0.6) is 0 Å². The van der Waals surface area contributed by atoms with Gasteiger partial charge in [-0.1, -0.05) is 182 Å². The maximum atomic E-state index is 6.36. The lowest BCUT2D eigenvalue weighted by Gasteiger charge is -2.26. The van der Waals surface area contributed by atoms with E-state index in [9.17, 15) is 0 Å². The summed E-state index contributed by atoms with van der Waals surface area (Å²) < 4.78 is 6.36. The number of anilines is 3. The summed E-state index contributed by atoms with van der Waals surface area (Å²) in [6, 6.07) is 84.8. The van der Waals surface area contributed by atoms with Gasteiger partial charge in [-0.3, -0.25) is 0 Å². The van der Waals surface area contributed by atoms with Crippen molar-refractivity contribution in [3.05, 3.63) is 237 Å². The molecule has 0 saturated heterocycles. The third kappa shape index (κ3) is 6.61. The van der Waals surface area contributed by atoms with Crippen molar-refractivity contribution in [1.82, 2.24) is 0 Å². The Hall–Kier alpha value is -7.94. The Balaban J connectivity index is 0.966. The van der Waals surface area contributed by atoms with Crippen LogP contribution in [0.3, 0.4) is 0 Å². The molecule has 2 nitrogen and oxygen atoms in total. The minimum Gasteiger partial charge on any atom is -0.456 e. The predicted molar refractivity (Wildman–Crippen MR) is 253 cm³/mol. The number of nitrogens with zero attached hydrogens (tertiary/aromatic N) is 1. The SMILES string of the molecule is c1ccc(-c2ccc(-c3ccc(N(c4ccc(-c5ccc(-c6ccccc6)cc5)cc4)c4cccc(-c5ccc6oc7ccc8ccccc8c7c6c5)c4)cc3)cc2)cc1. The first-order valence-corrected chi connectivity index (χ1v) is 20.5. The third-order valence-electron chi connectivity index (χ3n) is 11.7. The van der Waals surface area contributed by atoms with Crippen LogP contribution in [0.25, 0.3) is 88.3 Å². The highest BCUT2D eigenvalue weighted by Crippen LogP contribution is 2.41. The summed E-state index contributed by atoms with van der Waals surface area (Å²) in [6.45, 7) is 0. The maximum Gasteiger partial charge on any atom is 0.136 e. The van der Waals surface area contributed by atoms with Crippen LogP contribution >= 0.6 is 0 Å². The number of rotatable bonds is 8. The molecule has 2 heteroatoms. The molecule has 0 amide bonds. The van der Waals surface area contributed by atoms with Gasteiger partial charge in [0.25, 0.3) is 0 Å². The average Bonchev–Trinajstić information content (AvgIpc) is 3.72. The quantitative estimate of drug-likeness (QED) is 0.153. The molecule has 10 aromatic carbocycles. The number of furan rings is 1. The topological polar surface area (TPSA) is 16.4 Å². The van der Waals surface area contributed by atoms with Gasteiger partial charge in [-0.2, -0.15) is 0 Å². The van der Waals surface area contributed by atoms with Crippen molar-refractivity contribution in [2.45, 2.75) is 0 Å². The van der Waals surface area contributed by atoms with Crippen molar-refractivity contribution in [2.24, 2.45) is 0 Å². The number of benzene rings is 10. The van der Waals surface area contributed by atoms with E-state index in [1.54, 1.807) is 0 Å². The summed E-state index contributed by atoms with van der Waals surface area (Å²) in [7, 11) is 0. The standard InChI is InChI=1S/C58H39NO/c1-3-10-40(11-4-1)42-18-22-44(23-19-42)46-26-32-51(33-27-46)59(52-34-28-47(29-35-52)45-24-20-43(21-25-45)41-12-5-2-6-13-41)53-16-9-15-49(38-53)50-31-36-56-55(39-50)58-54-17-8-7-14-48(54)30-37-57(58)60-56/h1-39H. The van der Waals surface area contributed by atoms with Crippen LogP contribution in [0.2, 0.25) is 0 Å². The molecule has 0 radical (unpaired) electrons. The number of hydrogen-bond donors (Lipinski definition) is 0. The van der Waals surface area contributed by atoms with Crippen LogP contribution in [0.15, 0.2) is 241 Å². The van der Waals surface area contributed by atoms with Crippen molar-refractivity contribution in [3.63, 3.8) is 0 Å². The minimum absolute atomic E-state index is 0.896. The Kier molecular flexibility index (Phi) is 8.87. The Morgan fingerprint density at radius 3 is 1.22 bits per heavy atom. The van der Waals surface area contributed by atoms with Crippen molar-refractivity contribution in [1.29, 1.82) is 0 Å². The second kappa shape index (κ2) is 15.1. The zero-order valence-corrected chi connectivity index (χ0v) is 32.9. The van der Waals surface area contributed by atoms with E-state index in [-0.39, 0.29) is 0 Å². The van der Waals surface area contributed by atoms with Crippen LogP contribution in [0, 0.1) is 0 Å². The van der Waals surface area contributed by atoms with Gasteiger partial charge in [-0.15, -0.1) is 0 Å². The summed E-state index contributed by atoms with van der Waals surface area (Å²) in [4.78, 5) is 2.35. The van der Waals surface area contributed by atoms with Gasteiger partial charge >= 0.3 is 0 Å². The molecule has 0 spiro atoms. The first-order chi connectivity index (χ1) is 29.7. The van der Waals surface area contributed by atoms with Gasteiger partial charge in [0.1, 0.15) is 11.2 Å². The van der Waals surface area contributed by atoms with E-state index < -0.39 is 0 Å². The predicted octanol–water partition coefficient (Wildman–Crippen LogP) is 16.5. The van der Waals surface area contributed by atoms with E-state index >= 15 is 0 Å². The first kappa shape index (κ1) is 35.2. The molecule has 0 N–H and O–H groups in total. The molecule has 0 aliphatic carbocycles. The lowest BCUT2D eigenvalue weighted by Crippen LogP contribution is -2.10. The third-order valence-corrected chi connectivity index (χ3v) is 11.7. The van der Waals surface area contributed by atoms with Gasteiger partial charge in [0, 0.05) is 27.8 Å². The van der Waals surface area contributed by atoms with Crippen LogP contribution in [-0.2, 0) is 0 Å². The largest absolute Gasteiger partial charge is 0.456 e. The fourth-order valence-corrected chi connectivity index (χ4v) is 8.58. The van der Waals surface area contributed by atoms with Crippen LogP contribution < -0.4 is 4.90 Å². The van der Waals surface area contributed by atoms with Gasteiger partial charge in [-0.25, -0.2) is 0 Å². The molecule has 60 heavy (non-hydrogen) atoms. The van der Waals surface area contributed by atoms with Crippen molar-refractivity contribution in [3.8, 4) is 55.6 Å². The molecule has 1 heterocycles. The van der Waals surface area contributed by atoms with Gasteiger partial charge in [-0.05, 0) is 121 Å². The summed E-state index contributed by atoms with van der Waals surface area (Å²) in [6.07, 6.45) is 0. The van der Waals surface area contributed by atoms with Gasteiger partial charge in [0.15, 0.2) is 0 Å².